The third kappa shape index (κ3) is 8.20. The normalized spacial score (nSPS) is 15.8. The second kappa shape index (κ2) is 8.07. The second-order valence-corrected chi connectivity index (χ2v) is 3.72. The van der Waals surface area contributed by atoms with E-state index in [0.717, 1.165) is 24.6 Å². The van der Waals surface area contributed by atoms with E-state index in [4.69, 9.17) is 9.47 Å². The Balaban J connectivity index is 0.000000315. The minimum absolute atomic E-state index is 0.0463. The number of aliphatic imine (C=N–C) groups is 1. The Bertz CT molecular complexity index is 254. The maximum absolute atomic E-state index is 4.93. The molecule has 1 saturated heterocycles. The van der Waals surface area contributed by atoms with E-state index in [9.17, 15) is 0 Å². The van der Waals surface area contributed by atoms with Crippen LogP contribution in [0, 0.1) is 0 Å². The molecule has 0 aromatic carbocycles. The first kappa shape index (κ1) is 14.9. The molecule has 1 aliphatic rings. The fraction of sp³-hybridized carbons (Fsp3) is 0.583. The van der Waals surface area contributed by atoms with Gasteiger partial charge in [-0.1, -0.05) is 13.2 Å². The molecule has 0 aromatic rings. The van der Waals surface area contributed by atoms with Gasteiger partial charge in [0.25, 0.3) is 0 Å². The highest BCUT2D eigenvalue weighted by Crippen LogP contribution is 1.99. The molecule has 1 rings (SSSR count). The SMILES string of the molecule is C=C(C)/C=N\C(=C)N(C)C.CC1OCCO1. The van der Waals surface area contributed by atoms with E-state index < -0.39 is 0 Å². The molecule has 92 valence electrons. The van der Waals surface area contributed by atoms with Crippen LogP contribution in [0.15, 0.2) is 29.5 Å². The molecule has 0 bridgehead atoms. The lowest BCUT2D eigenvalue weighted by Gasteiger charge is -2.09. The summed E-state index contributed by atoms with van der Waals surface area (Å²) in [5.41, 5.74) is 0.933. The molecule has 1 heterocycles. The van der Waals surface area contributed by atoms with Gasteiger partial charge in [0, 0.05) is 20.3 Å². The molecule has 0 radical (unpaired) electrons. The maximum Gasteiger partial charge on any atom is 0.155 e. The summed E-state index contributed by atoms with van der Waals surface area (Å²) < 4.78 is 9.86. The Morgan fingerprint density at radius 1 is 1.31 bits per heavy atom. The Morgan fingerprint density at radius 3 is 2.06 bits per heavy atom. The topological polar surface area (TPSA) is 34.1 Å². The summed E-state index contributed by atoms with van der Waals surface area (Å²) in [6.07, 6.45) is 1.74. The smallest absolute Gasteiger partial charge is 0.155 e. The van der Waals surface area contributed by atoms with Crippen molar-refractivity contribution in [3.63, 3.8) is 0 Å². The summed E-state index contributed by atoms with van der Waals surface area (Å²) in [6.45, 7) is 12.7. The lowest BCUT2D eigenvalue weighted by Crippen LogP contribution is -2.07. The van der Waals surface area contributed by atoms with Crippen LogP contribution in [0.4, 0.5) is 0 Å². The van der Waals surface area contributed by atoms with Crippen LogP contribution in [-0.2, 0) is 9.47 Å². The van der Waals surface area contributed by atoms with Gasteiger partial charge >= 0.3 is 0 Å². The predicted molar refractivity (Wildman–Crippen MR) is 67.5 cm³/mol. The summed E-state index contributed by atoms with van der Waals surface area (Å²) in [5.74, 6) is 0.739. The fourth-order valence-electron chi connectivity index (χ4n) is 0.776. The van der Waals surface area contributed by atoms with Crippen molar-refractivity contribution in [2.45, 2.75) is 20.1 Å². The van der Waals surface area contributed by atoms with Crippen LogP contribution in [0.5, 0.6) is 0 Å². The van der Waals surface area contributed by atoms with Crippen LogP contribution in [0.3, 0.4) is 0 Å². The highest BCUT2D eigenvalue weighted by atomic mass is 16.7. The minimum Gasteiger partial charge on any atom is -0.363 e. The van der Waals surface area contributed by atoms with Crippen LogP contribution in [0.1, 0.15) is 13.8 Å². The van der Waals surface area contributed by atoms with Crippen molar-refractivity contribution in [3.8, 4) is 0 Å². The molecular weight excluding hydrogens is 204 g/mol. The molecule has 0 aliphatic carbocycles. The van der Waals surface area contributed by atoms with Crippen molar-refractivity contribution in [1.29, 1.82) is 0 Å². The highest BCUT2D eigenvalue weighted by molar-refractivity contribution is 5.77. The van der Waals surface area contributed by atoms with Crippen molar-refractivity contribution in [2.24, 2.45) is 4.99 Å². The second-order valence-electron chi connectivity index (χ2n) is 3.72. The number of ether oxygens (including phenoxy) is 2. The number of rotatable bonds is 3. The van der Waals surface area contributed by atoms with Crippen LogP contribution in [0.2, 0.25) is 0 Å². The molecule has 1 aliphatic heterocycles. The molecule has 0 spiro atoms. The first-order chi connectivity index (χ1) is 7.43. The van der Waals surface area contributed by atoms with Gasteiger partial charge in [-0.25, -0.2) is 4.99 Å². The first-order valence-electron chi connectivity index (χ1n) is 5.22. The van der Waals surface area contributed by atoms with Gasteiger partial charge in [-0.05, 0) is 19.4 Å². The zero-order valence-corrected chi connectivity index (χ0v) is 10.7. The lowest BCUT2D eigenvalue weighted by atomic mass is 10.4. The number of allylic oxidation sites excluding steroid dienone is 1. The zero-order chi connectivity index (χ0) is 12.6. The summed E-state index contributed by atoms with van der Waals surface area (Å²) in [7, 11) is 3.80. The first-order valence-corrected chi connectivity index (χ1v) is 5.22. The zero-order valence-electron chi connectivity index (χ0n) is 10.7. The molecule has 4 nitrogen and oxygen atoms in total. The summed E-state index contributed by atoms with van der Waals surface area (Å²) in [4.78, 5) is 5.88. The summed E-state index contributed by atoms with van der Waals surface area (Å²) in [5, 5.41) is 0. The molecular formula is C12H22N2O2. The molecule has 1 fully saturated rings. The fourth-order valence-corrected chi connectivity index (χ4v) is 0.776. The van der Waals surface area contributed by atoms with Gasteiger partial charge in [0.1, 0.15) is 5.82 Å². The predicted octanol–water partition coefficient (Wildman–Crippen LogP) is 2.05. The molecule has 0 saturated carbocycles. The van der Waals surface area contributed by atoms with Crippen LogP contribution in [0.25, 0.3) is 0 Å². The van der Waals surface area contributed by atoms with Crippen molar-refractivity contribution in [2.75, 3.05) is 27.3 Å². The van der Waals surface area contributed by atoms with Gasteiger partial charge in [0.05, 0.1) is 13.2 Å². The average molecular weight is 226 g/mol. The Morgan fingerprint density at radius 2 is 1.81 bits per heavy atom. The Labute approximate surface area is 98.3 Å². The van der Waals surface area contributed by atoms with Gasteiger partial charge in [0.15, 0.2) is 6.29 Å². The molecule has 0 atom stereocenters. The molecule has 0 unspecified atom stereocenters. The highest BCUT2D eigenvalue weighted by Gasteiger charge is 2.07. The Hall–Kier alpha value is -1.13. The van der Waals surface area contributed by atoms with E-state index in [1.54, 1.807) is 6.21 Å². The molecule has 0 N–H and O–H groups in total. The van der Waals surface area contributed by atoms with E-state index in [1.165, 1.54) is 0 Å². The van der Waals surface area contributed by atoms with E-state index >= 15 is 0 Å². The molecule has 16 heavy (non-hydrogen) atoms. The van der Waals surface area contributed by atoms with Gasteiger partial charge in [-0.3, -0.25) is 0 Å². The number of hydrogen-bond acceptors (Lipinski definition) is 4. The minimum atomic E-state index is 0.0463. The number of hydrogen-bond donors (Lipinski definition) is 0. The number of nitrogens with zero attached hydrogens (tertiary/aromatic N) is 2. The van der Waals surface area contributed by atoms with E-state index in [0.29, 0.717) is 0 Å². The monoisotopic (exact) mass is 226 g/mol. The third-order valence-electron chi connectivity index (χ3n) is 1.74. The Kier molecular flexibility index (Phi) is 7.50. The third-order valence-corrected chi connectivity index (χ3v) is 1.74. The van der Waals surface area contributed by atoms with E-state index in [-0.39, 0.29) is 6.29 Å². The van der Waals surface area contributed by atoms with Crippen molar-refractivity contribution < 1.29 is 9.47 Å². The van der Waals surface area contributed by atoms with Gasteiger partial charge in [0.2, 0.25) is 0 Å². The van der Waals surface area contributed by atoms with E-state index in [2.05, 4.69) is 18.2 Å². The van der Waals surface area contributed by atoms with Crippen molar-refractivity contribution in [1.82, 2.24) is 4.90 Å². The maximum atomic E-state index is 4.93. The van der Waals surface area contributed by atoms with Crippen LogP contribution < -0.4 is 0 Å². The summed E-state index contributed by atoms with van der Waals surface area (Å²) in [6, 6.07) is 0. The summed E-state index contributed by atoms with van der Waals surface area (Å²) >= 11 is 0. The van der Waals surface area contributed by atoms with Crippen LogP contribution >= 0.6 is 0 Å². The molecule has 0 aromatic heterocycles. The standard InChI is InChI=1S/C8H14N2.C4H8O2/c1-7(2)6-9-8(3)10(4)5;1-4-5-2-3-6-4/h6H,1,3H2,2,4-5H3;4H,2-3H2,1H3/b9-6-;. The quantitative estimate of drug-likeness (QED) is 0.691. The lowest BCUT2D eigenvalue weighted by molar-refractivity contribution is -0.0254. The van der Waals surface area contributed by atoms with Gasteiger partial charge in [-0.2, -0.15) is 0 Å². The molecule has 0 amide bonds. The van der Waals surface area contributed by atoms with E-state index in [1.807, 2.05) is 32.8 Å². The van der Waals surface area contributed by atoms with Crippen molar-refractivity contribution >= 4 is 6.21 Å². The van der Waals surface area contributed by atoms with Crippen LogP contribution in [-0.4, -0.2) is 44.7 Å². The van der Waals surface area contributed by atoms with Gasteiger partial charge < -0.3 is 14.4 Å². The average Bonchev–Trinajstić information content (AvgIpc) is 2.66. The van der Waals surface area contributed by atoms with Gasteiger partial charge in [-0.15, -0.1) is 0 Å². The largest absolute Gasteiger partial charge is 0.363 e. The molecule has 4 heteroatoms. The van der Waals surface area contributed by atoms with Crippen molar-refractivity contribution in [3.05, 3.63) is 24.6 Å².